The minimum atomic E-state index is 0.157. The van der Waals surface area contributed by atoms with Gasteiger partial charge in [-0.15, -0.1) is 0 Å². The number of carbonyl (C=O) groups excluding carboxylic acids is 1. The highest BCUT2D eigenvalue weighted by Crippen LogP contribution is 2.41. The predicted octanol–water partition coefficient (Wildman–Crippen LogP) is 5.07. The van der Waals surface area contributed by atoms with Crippen LogP contribution in [0.15, 0.2) is 52.9 Å². The van der Waals surface area contributed by atoms with Crippen molar-refractivity contribution in [2.24, 2.45) is 0 Å². The molecule has 0 fully saturated rings. The van der Waals surface area contributed by atoms with Crippen LogP contribution >= 0.6 is 0 Å². The van der Waals surface area contributed by atoms with Crippen molar-refractivity contribution >= 4 is 5.78 Å². The Hall–Kier alpha value is -3.01. The van der Waals surface area contributed by atoms with Crippen molar-refractivity contribution in [2.45, 2.75) is 25.7 Å². The molecule has 0 unspecified atom stereocenters. The van der Waals surface area contributed by atoms with Crippen LogP contribution in [0.2, 0.25) is 0 Å². The number of furan rings is 1. The van der Waals surface area contributed by atoms with Gasteiger partial charge in [0, 0.05) is 24.8 Å². The maximum Gasteiger partial charge on any atom is 0.167 e. The molecule has 1 heterocycles. The summed E-state index contributed by atoms with van der Waals surface area (Å²) in [6.07, 6.45) is 2.86. The number of ether oxygens (including phenoxy) is 2. The Labute approximate surface area is 158 Å². The summed E-state index contributed by atoms with van der Waals surface area (Å²) in [5.74, 6) is 3.09. The van der Waals surface area contributed by atoms with Gasteiger partial charge in [-0.2, -0.15) is 0 Å². The van der Waals surface area contributed by atoms with Gasteiger partial charge >= 0.3 is 0 Å². The molecule has 1 aliphatic rings. The smallest absolute Gasteiger partial charge is 0.167 e. The highest BCUT2D eigenvalue weighted by Gasteiger charge is 2.29. The average molecular weight is 362 g/mol. The van der Waals surface area contributed by atoms with Gasteiger partial charge in [0.1, 0.15) is 11.5 Å². The van der Waals surface area contributed by atoms with E-state index >= 15 is 0 Å². The zero-order valence-corrected chi connectivity index (χ0v) is 15.6. The second kappa shape index (κ2) is 7.31. The van der Waals surface area contributed by atoms with E-state index in [-0.39, 0.29) is 5.78 Å². The lowest BCUT2D eigenvalue weighted by Gasteiger charge is -2.13. The van der Waals surface area contributed by atoms with E-state index in [4.69, 9.17) is 13.9 Å². The van der Waals surface area contributed by atoms with E-state index in [0.717, 1.165) is 46.6 Å². The molecule has 0 saturated carbocycles. The lowest BCUT2D eigenvalue weighted by atomic mass is 9.89. The Balaban J connectivity index is 1.87. The standard InChI is InChI=1S/C23H22O4/c1-25-18-12-11-16(14-20(18)26-2)22-21(13-15-7-4-3-5-8-15)27-19-10-6-9-17(24)23(19)22/h3-5,7-8,11-12,14H,6,9-10,13H2,1-2H3. The zero-order valence-electron chi connectivity index (χ0n) is 15.6. The number of fused-ring (bicyclic) bond motifs is 1. The third-order valence-corrected chi connectivity index (χ3v) is 5.02. The number of benzene rings is 2. The molecule has 0 amide bonds. The van der Waals surface area contributed by atoms with Gasteiger partial charge in [0.15, 0.2) is 17.3 Å². The molecule has 4 rings (SSSR count). The summed E-state index contributed by atoms with van der Waals surface area (Å²) in [5.41, 5.74) is 3.69. The zero-order chi connectivity index (χ0) is 18.8. The summed E-state index contributed by atoms with van der Waals surface area (Å²) in [6, 6.07) is 15.9. The van der Waals surface area contributed by atoms with Gasteiger partial charge in [-0.3, -0.25) is 4.79 Å². The number of hydrogen-bond donors (Lipinski definition) is 0. The molecule has 1 aliphatic carbocycles. The van der Waals surface area contributed by atoms with Crippen LogP contribution < -0.4 is 9.47 Å². The van der Waals surface area contributed by atoms with Crippen LogP contribution in [0.25, 0.3) is 11.1 Å². The summed E-state index contributed by atoms with van der Waals surface area (Å²) in [5, 5.41) is 0. The van der Waals surface area contributed by atoms with Crippen molar-refractivity contribution in [3.63, 3.8) is 0 Å². The molecule has 0 saturated heterocycles. The molecule has 0 N–H and O–H groups in total. The predicted molar refractivity (Wildman–Crippen MR) is 104 cm³/mol. The van der Waals surface area contributed by atoms with Crippen LogP contribution in [0, 0.1) is 0 Å². The summed E-state index contributed by atoms with van der Waals surface area (Å²) in [4.78, 5) is 12.7. The maximum absolute atomic E-state index is 12.7. The van der Waals surface area contributed by atoms with Crippen molar-refractivity contribution < 1.29 is 18.7 Å². The first kappa shape index (κ1) is 17.4. The Kier molecular flexibility index (Phi) is 4.71. The molecule has 0 bridgehead atoms. The number of Topliss-reactive ketones (excluding diaryl/α,β-unsaturated/α-hetero) is 1. The summed E-state index contributed by atoms with van der Waals surface area (Å²) < 4.78 is 17.0. The number of ketones is 1. The third kappa shape index (κ3) is 3.23. The van der Waals surface area contributed by atoms with Crippen LogP contribution in [0.3, 0.4) is 0 Å². The van der Waals surface area contributed by atoms with Crippen LogP contribution in [0.5, 0.6) is 11.5 Å². The summed E-state index contributed by atoms with van der Waals surface area (Å²) in [7, 11) is 3.23. The molecular formula is C23H22O4. The number of aryl methyl sites for hydroxylation is 1. The lowest BCUT2D eigenvalue weighted by Crippen LogP contribution is -2.09. The SMILES string of the molecule is COc1ccc(-c2c(Cc3ccccc3)oc3c2C(=O)CCC3)cc1OC. The molecule has 2 aromatic carbocycles. The number of carbonyl (C=O) groups is 1. The molecule has 4 nitrogen and oxygen atoms in total. The normalized spacial score (nSPS) is 13.3. The van der Waals surface area contributed by atoms with E-state index < -0.39 is 0 Å². The van der Waals surface area contributed by atoms with E-state index in [1.54, 1.807) is 14.2 Å². The Morgan fingerprint density at radius 1 is 0.926 bits per heavy atom. The second-order valence-corrected chi connectivity index (χ2v) is 6.71. The number of rotatable bonds is 5. The monoisotopic (exact) mass is 362 g/mol. The first-order valence-corrected chi connectivity index (χ1v) is 9.15. The van der Waals surface area contributed by atoms with Gasteiger partial charge in [-0.25, -0.2) is 0 Å². The Morgan fingerprint density at radius 2 is 1.70 bits per heavy atom. The van der Waals surface area contributed by atoms with E-state index in [1.807, 2.05) is 36.4 Å². The lowest BCUT2D eigenvalue weighted by molar-refractivity contribution is 0.0970. The highest BCUT2D eigenvalue weighted by molar-refractivity contribution is 6.04. The minimum absolute atomic E-state index is 0.157. The number of hydrogen-bond acceptors (Lipinski definition) is 4. The molecular weight excluding hydrogens is 340 g/mol. The van der Waals surface area contributed by atoms with E-state index in [1.165, 1.54) is 0 Å². The molecule has 4 heteroatoms. The molecule has 0 atom stereocenters. The van der Waals surface area contributed by atoms with E-state index in [0.29, 0.717) is 24.3 Å². The topological polar surface area (TPSA) is 48.7 Å². The third-order valence-electron chi connectivity index (χ3n) is 5.02. The molecule has 0 radical (unpaired) electrons. The van der Waals surface area contributed by atoms with E-state index in [2.05, 4.69) is 12.1 Å². The molecule has 138 valence electrons. The highest BCUT2D eigenvalue weighted by atomic mass is 16.5. The molecule has 3 aromatic rings. The fourth-order valence-corrected chi connectivity index (χ4v) is 3.74. The summed E-state index contributed by atoms with van der Waals surface area (Å²) in [6.45, 7) is 0. The summed E-state index contributed by atoms with van der Waals surface area (Å²) >= 11 is 0. The quantitative estimate of drug-likeness (QED) is 0.635. The van der Waals surface area contributed by atoms with Gasteiger partial charge in [0.25, 0.3) is 0 Å². The van der Waals surface area contributed by atoms with Crippen molar-refractivity contribution in [1.29, 1.82) is 0 Å². The van der Waals surface area contributed by atoms with Gasteiger partial charge in [-0.05, 0) is 29.7 Å². The van der Waals surface area contributed by atoms with Crippen molar-refractivity contribution in [3.8, 4) is 22.6 Å². The molecule has 27 heavy (non-hydrogen) atoms. The van der Waals surface area contributed by atoms with Gasteiger partial charge in [-0.1, -0.05) is 36.4 Å². The Morgan fingerprint density at radius 3 is 2.44 bits per heavy atom. The average Bonchev–Trinajstić information content (AvgIpc) is 3.07. The largest absolute Gasteiger partial charge is 0.493 e. The van der Waals surface area contributed by atoms with Crippen molar-refractivity contribution in [2.75, 3.05) is 14.2 Å². The Bertz CT molecular complexity index is 970. The van der Waals surface area contributed by atoms with E-state index in [9.17, 15) is 4.79 Å². The molecule has 1 aromatic heterocycles. The van der Waals surface area contributed by atoms with Gasteiger partial charge < -0.3 is 13.9 Å². The second-order valence-electron chi connectivity index (χ2n) is 6.71. The van der Waals surface area contributed by atoms with Crippen LogP contribution in [0.1, 0.15) is 40.3 Å². The minimum Gasteiger partial charge on any atom is -0.493 e. The fourth-order valence-electron chi connectivity index (χ4n) is 3.74. The first-order valence-electron chi connectivity index (χ1n) is 9.15. The fraction of sp³-hybridized carbons (Fsp3) is 0.261. The molecule has 0 spiro atoms. The van der Waals surface area contributed by atoms with Crippen molar-refractivity contribution in [1.82, 2.24) is 0 Å². The van der Waals surface area contributed by atoms with Gasteiger partial charge in [0.2, 0.25) is 0 Å². The maximum atomic E-state index is 12.7. The van der Waals surface area contributed by atoms with Gasteiger partial charge in [0.05, 0.1) is 19.8 Å². The van der Waals surface area contributed by atoms with Crippen molar-refractivity contribution in [3.05, 3.63) is 71.2 Å². The molecule has 0 aliphatic heterocycles. The first-order chi connectivity index (χ1) is 13.2. The van der Waals surface area contributed by atoms with Crippen LogP contribution in [-0.2, 0) is 12.8 Å². The van der Waals surface area contributed by atoms with Crippen LogP contribution in [-0.4, -0.2) is 20.0 Å². The number of methoxy groups -OCH3 is 2. The van der Waals surface area contributed by atoms with Crippen LogP contribution in [0.4, 0.5) is 0 Å².